The number of H-pyrrole nitrogens is 1. The van der Waals surface area contributed by atoms with E-state index in [4.69, 9.17) is 15.2 Å². The number of nitrogens with one attached hydrogen (secondary N) is 1. The molecule has 4 rings (SSSR count). The van der Waals surface area contributed by atoms with E-state index in [9.17, 15) is 14.4 Å². The number of nitrogens with zero attached hydrogens (tertiary/aromatic N) is 2. The average Bonchev–Trinajstić information content (AvgIpc) is 3.37. The maximum Gasteiger partial charge on any atom is 0.338 e. The van der Waals surface area contributed by atoms with Gasteiger partial charge in [0.1, 0.15) is 25.1 Å². The van der Waals surface area contributed by atoms with E-state index in [1.165, 1.54) is 0 Å². The number of carbonyl (C=O) groups excluding carboxylic acids is 3. The van der Waals surface area contributed by atoms with Gasteiger partial charge in [-0.25, -0.2) is 9.78 Å². The fraction of sp³-hybridized carbons (Fsp3) is 0.333. The summed E-state index contributed by atoms with van der Waals surface area (Å²) in [6.07, 6.45) is -0.594. The summed E-state index contributed by atoms with van der Waals surface area (Å²) in [5.74, 6) is -0.995. The Morgan fingerprint density at radius 3 is 2.70 bits per heavy atom. The first-order valence-corrected chi connectivity index (χ1v) is 10.7. The highest BCUT2D eigenvalue weighted by Gasteiger charge is 2.38. The molecule has 0 unspecified atom stereocenters. The minimum Gasteiger partial charge on any atom is -0.457 e. The molecule has 2 heterocycles. The monoisotopic (exact) mass is 450 g/mol. The molecule has 0 spiro atoms. The number of imidazole rings is 1. The highest BCUT2D eigenvalue weighted by molar-refractivity contribution is 5.89. The third-order valence-corrected chi connectivity index (χ3v) is 5.62. The second-order valence-corrected chi connectivity index (χ2v) is 8.24. The lowest BCUT2D eigenvalue weighted by atomic mass is 10.0. The minimum atomic E-state index is -0.618. The van der Waals surface area contributed by atoms with Crippen LogP contribution in [0.25, 0.3) is 11.0 Å². The zero-order valence-corrected chi connectivity index (χ0v) is 18.3. The quantitative estimate of drug-likeness (QED) is 0.505. The minimum absolute atomic E-state index is 0.0236. The molecular weight excluding hydrogens is 424 g/mol. The van der Waals surface area contributed by atoms with Crippen molar-refractivity contribution in [3.8, 4) is 0 Å². The summed E-state index contributed by atoms with van der Waals surface area (Å²) in [6.45, 7) is 2.45. The molecule has 1 aromatic heterocycles. The maximum atomic E-state index is 12.7. The Bertz CT molecular complexity index is 1160. The first-order chi connectivity index (χ1) is 15.9. The van der Waals surface area contributed by atoms with Gasteiger partial charge in [-0.2, -0.15) is 0 Å². The van der Waals surface area contributed by atoms with Gasteiger partial charge in [0.2, 0.25) is 11.8 Å². The van der Waals surface area contributed by atoms with Crippen molar-refractivity contribution < 1.29 is 23.9 Å². The van der Waals surface area contributed by atoms with Gasteiger partial charge in [0.25, 0.3) is 0 Å². The van der Waals surface area contributed by atoms with Crippen LogP contribution in [-0.4, -0.2) is 58.5 Å². The molecule has 1 saturated heterocycles. The zero-order chi connectivity index (χ0) is 23.4. The van der Waals surface area contributed by atoms with E-state index in [0.717, 1.165) is 16.6 Å². The van der Waals surface area contributed by atoms with Crippen LogP contribution in [-0.2, 0) is 25.7 Å². The van der Waals surface area contributed by atoms with Gasteiger partial charge in [-0.05, 0) is 36.8 Å². The highest BCUT2D eigenvalue weighted by Crippen LogP contribution is 2.24. The molecule has 33 heavy (non-hydrogen) atoms. The molecule has 0 radical (unpaired) electrons. The smallest absolute Gasteiger partial charge is 0.338 e. The van der Waals surface area contributed by atoms with Crippen LogP contribution < -0.4 is 5.73 Å². The first kappa shape index (κ1) is 22.5. The van der Waals surface area contributed by atoms with E-state index >= 15 is 0 Å². The molecule has 3 N–H and O–H groups in total. The van der Waals surface area contributed by atoms with Crippen molar-refractivity contribution in [3.05, 3.63) is 65.5 Å². The number of benzene rings is 2. The molecule has 9 nitrogen and oxygen atoms in total. The Labute approximate surface area is 190 Å². The standard InChI is InChI=1S/C24H26N4O5/c1-15-7-8-18-19(9-15)27-22(26-18)13-32-14-23(30)28-11-17(10-21(25)29)20(12-28)33-24(31)16-5-3-2-4-6-16/h2-9,17,20H,10-14H2,1H3,(H2,25,29)(H,26,27)/t17-,20+/m0/s1. The Kier molecular flexibility index (Phi) is 6.69. The number of likely N-dealkylation sites (tertiary alicyclic amines) is 1. The van der Waals surface area contributed by atoms with Gasteiger partial charge >= 0.3 is 5.97 Å². The van der Waals surface area contributed by atoms with Crippen LogP contribution in [0.15, 0.2) is 48.5 Å². The van der Waals surface area contributed by atoms with Crippen molar-refractivity contribution in [1.29, 1.82) is 0 Å². The lowest BCUT2D eigenvalue weighted by Crippen LogP contribution is -2.33. The van der Waals surface area contributed by atoms with E-state index in [1.54, 1.807) is 35.2 Å². The van der Waals surface area contributed by atoms with Crippen LogP contribution in [0.4, 0.5) is 0 Å². The van der Waals surface area contributed by atoms with E-state index < -0.39 is 18.0 Å². The summed E-state index contributed by atoms with van der Waals surface area (Å²) in [7, 11) is 0. The second kappa shape index (κ2) is 9.83. The predicted molar refractivity (Wildman–Crippen MR) is 120 cm³/mol. The van der Waals surface area contributed by atoms with Crippen LogP contribution in [0, 0.1) is 12.8 Å². The number of aryl methyl sites for hydroxylation is 1. The van der Waals surface area contributed by atoms with Gasteiger partial charge in [-0.1, -0.05) is 24.3 Å². The lowest BCUT2D eigenvalue weighted by Gasteiger charge is -2.17. The molecule has 2 amide bonds. The maximum absolute atomic E-state index is 12.7. The van der Waals surface area contributed by atoms with Gasteiger partial charge in [-0.15, -0.1) is 0 Å². The first-order valence-electron chi connectivity index (χ1n) is 10.7. The van der Waals surface area contributed by atoms with E-state index in [2.05, 4.69) is 9.97 Å². The second-order valence-electron chi connectivity index (χ2n) is 8.24. The third-order valence-electron chi connectivity index (χ3n) is 5.62. The molecule has 2 aromatic carbocycles. The van der Waals surface area contributed by atoms with Crippen molar-refractivity contribution in [2.45, 2.75) is 26.1 Å². The summed E-state index contributed by atoms with van der Waals surface area (Å²) < 4.78 is 11.2. The Morgan fingerprint density at radius 2 is 1.94 bits per heavy atom. The fourth-order valence-corrected chi connectivity index (χ4v) is 3.98. The lowest BCUT2D eigenvalue weighted by molar-refractivity contribution is -0.136. The van der Waals surface area contributed by atoms with Crippen molar-refractivity contribution in [2.24, 2.45) is 11.7 Å². The largest absolute Gasteiger partial charge is 0.457 e. The molecule has 0 bridgehead atoms. The van der Waals surface area contributed by atoms with E-state index in [-0.39, 0.29) is 44.5 Å². The highest BCUT2D eigenvalue weighted by atomic mass is 16.5. The van der Waals surface area contributed by atoms with Gasteiger partial charge in [0.15, 0.2) is 0 Å². The van der Waals surface area contributed by atoms with Crippen LogP contribution in [0.1, 0.15) is 28.2 Å². The van der Waals surface area contributed by atoms with Gasteiger partial charge in [0, 0.05) is 18.9 Å². The molecule has 3 aromatic rings. The van der Waals surface area contributed by atoms with Crippen LogP contribution >= 0.6 is 0 Å². The molecular formula is C24H26N4O5. The zero-order valence-electron chi connectivity index (χ0n) is 18.3. The molecule has 0 aliphatic carbocycles. The number of hydrogen-bond acceptors (Lipinski definition) is 6. The summed E-state index contributed by atoms with van der Waals surface area (Å²) >= 11 is 0. The molecule has 0 saturated carbocycles. The van der Waals surface area contributed by atoms with Crippen molar-refractivity contribution >= 4 is 28.8 Å². The molecule has 172 valence electrons. The van der Waals surface area contributed by atoms with Crippen molar-refractivity contribution in [1.82, 2.24) is 14.9 Å². The third kappa shape index (κ3) is 5.56. The Morgan fingerprint density at radius 1 is 1.15 bits per heavy atom. The van der Waals surface area contributed by atoms with Gasteiger partial charge in [0.05, 0.1) is 23.1 Å². The van der Waals surface area contributed by atoms with Crippen LogP contribution in [0.5, 0.6) is 0 Å². The van der Waals surface area contributed by atoms with Crippen LogP contribution in [0.2, 0.25) is 0 Å². The summed E-state index contributed by atoms with van der Waals surface area (Å²) in [4.78, 5) is 45.8. The Hall–Kier alpha value is -3.72. The number of hydrogen-bond donors (Lipinski definition) is 2. The predicted octanol–water partition coefficient (Wildman–Crippen LogP) is 1.95. The fourth-order valence-electron chi connectivity index (χ4n) is 3.98. The molecule has 1 aliphatic rings. The Balaban J connectivity index is 1.33. The number of ether oxygens (including phenoxy) is 2. The van der Waals surface area contributed by atoms with Gasteiger partial charge < -0.3 is 25.1 Å². The number of carbonyl (C=O) groups is 3. The van der Waals surface area contributed by atoms with Crippen molar-refractivity contribution in [3.63, 3.8) is 0 Å². The number of primary amides is 1. The number of aromatic amines is 1. The average molecular weight is 450 g/mol. The molecule has 1 aliphatic heterocycles. The summed E-state index contributed by atoms with van der Waals surface area (Å²) in [5.41, 5.74) is 8.64. The van der Waals surface area contributed by atoms with Gasteiger partial charge in [-0.3, -0.25) is 9.59 Å². The number of fused-ring (bicyclic) bond motifs is 1. The molecule has 9 heteroatoms. The SMILES string of the molecule is Cc1ccc2nc(COCC(=O)N3C[C@H](CC(N)=O)[C@H](OC(=O)c4ccccc4)C3)[nH]c2c1. The number of esters is 1. The summed E-state index contributed by atoms with van der Waals surface area (Å²) in [6, 6.07) is 14.5. The summed E-state index contributed by atoms with van der Waals surface area (Å²) in [5, 5.41) is 0. The number of amides is 2. The van der Waals surface area contributed by atoms with E-state index in [1.807, 2.05) is 25.1 Å². The topological polar surface area (TPSA) is 128 Å². The number of aromatic nitrogens is 2. The normalized spacial score (nSPS) is 17.9. The number of rotatable bonds is 8. The number of nitrogens with two attached hydrogens (primary N) is 1. The molecule has 2 atom stereocenters. The van der Waals surface area contributed by atoms with E-state index in [0.29, 0.717) is 11.4 Å². The van der Waals surface area contributed by atoms with Crippen LogP contribution in [0.3, 0.4) is 0 Å². The van der Waals surface area contributed by atoms with Crippen molar-refractivity contribution in [2.75, 3.05) is 19.7 Å². The molecule has 1 fully saturated rings.